The Labute approximate surface area is 150 Å². The molecular weight excluding hydrogens is 348 g/mol. The van der Waals surface area contributed by atoms with Gasteiger partial charge in [0.05, 0.1) is 10.4 Å². The summed E-state index contributed by atoms with van der Waals surface area (Å²) in [7, 11) is 0. The molecular formula is C19H22ClF2NO2. The maximum Gasteiger partial charge on any atom is 0.224 e. The maximum absolute atomic E-state index is 14.8. The van der Waals surface area contributed by atoms with Crippen molar-refractivity contribution in [2.24, 2.45) is 23.0 Å². The number of rotatable bonds is 5. The fraction of sp³-hybridized carbons (Fsp3) is 0.579. The van der Waals surface area contributed by atoms with Crippen LogP contribution in [0.1, 0.15) is 56.4 Å². The number of benzene rings is 1. The Morgan fingerprint density at radius 1 is 1.28 bits per heavy atom. The minimum atomic E-state index is -1.10. The number of aldehydes is 1. The molecule has 0 heterocycles. The van der Waals surface area contributed by atoms with Crippen LogP contribution in [-0.2, 0) is 9.59 Å². The van der Waals surface area contributed by atoms with Crippen molar-refractivity contribution in [2.45, 2.75) is 50.9 Å². The quantitative estimate of drug-likeness (QED) is 0.619. The number of carbonyl (C=O) groups excluding carboxylic acids is 2. The Morgan fingerprint density at radius 3 is 2.52 bits per heavy atom. The lowest BCUT2D eigenvalue weighted by Crippen LogP contribution is -2.43. The molecule has 3 atom stereocenters. The van der Waals surface area contributed by atoms with Crippen molar-refractivity contribution in [1.82, 2.24) is 0 Å². The number of hydrogen-bond acceptors (Lipinski definition) is 2. The lowest BCUT2D eigenvalue weighted by Gasteiger charge is -2.39. The van der Waals surface area contributed by atoms with E-state index in [9.17, 15) is 18.4 Å². The summed E-state index contributed by atoms with van der Waals surface area (Å²) in [5, 5.41) is -0.163. The molecule has 6 heteroatoms. The highest BCUT2D eigenvalue weighted by atomic mass is 35.5. The molecule has 136 valence electrons. The summed E-state index contributed by atoms with van der Waals surface area (Å²) in [5.74, 6) is -3.12. The summed E-state index contributed by atoms with van der Waals surface area (Å²) >= 11 is 5.91. The highest BCUT2D eigenvalue weighted by molar-refractivity contribution is 6.30. The molecule has 0 aliphatic heterocycles. The van der Waals surface area contributed by atoms with Crippen LogP contribution in [0, 0.1) is 28.9 Å². The standard InChI is InChI=1S/C19H22ClF2NO2/c20-13-5-6-14(21)15(17(13)22)16(12-3-1-2-4-12)19(18(23)25)8-7-11(9-19)10-24/h5-6,10-12,16H,1-4,7-9H2,(H2,23,25)/t11?,16-,19?/m1/s1. The van der Waals surface area contributed by atoms with Crippen molar-refractivity contribution < 1.29 is 18.4 Å². The molecule has 1 amide bonds. The summed E-state index contributed by atoms with van der Waals surface area (Å²) < 4.78 is 29.5. The molecule has 2 aliphatic carbocycles. The van der Waals surface area contributed by atoms with Crippen LogP contribution < -0.4 is 5.73 Å². The molecule has 3 nitrogen and oxygen atoms in total. The Kier molecular flexibility index (Phi) is 5.14. The predicted molar refractivity (Wildman–Crippen MR) is 91.1 cm³/mol. The number of halogens is 3. The molecule has 1 aromatic rings. The lowest BCUT2D eigenvalue weighted by atomic mass is 9.63. The third-order valence-electron chi connectivity index (χ3n) is 6.13. The van der Waals surface area contributed by atoms with Gasteiger partial charge in [0.2, 0.25) is 5.91 Å². The average Bonchev–Trinajstić information content (AvgIpc) is 3.25. The molecule has 25 heavy (non-hydrogen) atoms. The molecule has 2 fully saturated rings. The monoisotopic (exact) mass is 369 g/mol. The third kappa shape index (κ3) is 3.07. The smallest absolute Gasteiger partial charge is 0.224 e. The summed E-state index contributed by atoms with van der Waals surface area (Å²) in [4.78, 5) is 23.8. The van der Waals surface area contributed by atoms with Crippen LogP contribution in [0.25, 0.3) is 0 Å². The molecule has 0 aromatic heterocycles. The molecule has 0 bridgehead atoms. The normalized spacial score (nSPS) is 28.2. The van der Waals surface area contributed by atoms with Gasteiger partial charge in [-0.05, 0) is 50.2 Å². The van der Waals surface area contributed by atoms with E-state index in [1.165, 1.54) is 6.07 Å². The molecule has 2 saturated carbocycles. The second-order valence-electron chi connectivity index (χ2n) is 7.44. The van der Waals surface area contributed by atoms with Gasteiger partial charge in [0.1, 0.15) is 17.9 Å². The minimum Gasteiger partial charge on any atom is -0.369 e. The molecule has 2 aliphatic rings. The zero-order chi connectivity index (χ0) is 18.2. The highest BCUT2D eigenvalue weighted by Crippen LogP contribution is 2.57. The first-order valence-corrected chi connectivity index (χ1v) is 9.17. The summed E-state index contributed by atoms with van der Waals surface area (Å²) in [6.07, 6.45) is 5.44. The second-order valence-corrected chi connectivity index (χ2v) is 7.85. The van der Waals surface area contributed by atoms with Gasteiger partial charge in [0.15, 0.2) is 0 Å². The molecule has 2 unspecified atom stereocenters. The minimum absolute atomic E-state index is 0.0413. The van der Waals surface area contributed by atoms with Crippen LogP contribution >= 0.6 is 11.6 Å². The number of carbonyl (C=O) groups is 2. The second kappa shape index (κ2) is 7.02. The van der Waals surface area contributed by atoms with Crippen LogP contribution in [0.4, 0.5) is 8.78 Å². The van der Waals surface area contributed by atoms with Crippen molar-refractivity contribution in [3.8, 4) is 0 Å². The van der Waals surface area contributed by atoms with Crippen molar-refractivity contribution >= 4 is 23.8 Å². The van der Waals surface area contributed by atoms with Gasteiger partial charge in [-0.1, -0.05) is 24.4 Å². The van der Waals surface area contributed by atoms with E-state index in [0.29, 0.717) is 12.8 Å². The average molecular weight is 370 g/mol. The first-order valence-electron chi connectivity index (χ1n) is 8.79. The van der Waals surface area contributed by atoms with Crippen LogP contribution in [0.5, 0.6) is 0 Å². The largest absolute Gasteiger partial charge is 0.369 e. The number of nitrogens with two attached hydrogens (primary N) is 1. The van der Waals surface area contributed by atoms with E-state index in [1.807, 2.05) is 0 Å². The van der Waals surface area contributed by atoms with Crippen molar-refractivity contribution in [3.63, 3.8) is 0 Å². The Morgan fingerprint density at radius 2 is 1.96 bits per heavy atom. The van der Waals surface area contributed by atoms with E-state index >= 15 is 0 Å². The SMILES string of the molecule is NC(=O)C1([C@@H](c2c(F)ccc(Cl)c2F)C2CCCC2)CCC(C=O)C1. The zero-order valence-electron chi connectivity index (χ0n) is 13.9. The molecule has 0 spiro atoms. The molecule has 3 rings (SSSR count). The molecule has 0 saturated heterocycles. The van der Waals surface area contributed by atoms with Crippen LogP contribution in [-0.4, -0.2) is 12.2 Å². The number of hydrogen-bond donors (Lipinski definition) is 1. The summed E-state index contributed by atoms with van der Waals surface area (Å²) in [6, 6.07) is 2.32. The predicted octanol–water partition coefficient (Wildman–Crippen LogP) is 4.36. The van der Waals surface area contributed by atoms with E-state index in [-0.39, 0.29) is 28.8 Å². The number of amides is 1. The highest BCUT2D eigenvalue weighted by Gasteiger charge is 2.54. The molecule has 0 radical (unpaired) electrons. The van der Waals surface area contributed by atoms with Gasteiger partial charge in [-0.2, -0.15) is 0 Å². The van der Waals surface area contributed by atoms with E-state index in [1.54, 1.807) is 0 Å². The topological polar surface area (TPSA) is 60.2 Å². The van der Waals surface area contributed by atoms with Crippen LogP contribution in [0.3, 0.4) is 0 Å². The van der Waals surface area contributed by atoms with E-state index in [0.717, 1.165) is 38.0 Å². The van der Waals surface area contributed by atoms with Gasteiger partial charge < -0.3 is 10.5 Å². The Hall–Kier alpha value is -1.49. The van der Waals surface area contributed by atoms with Crippen molar-refractivity contribution in [2.75, 3.05) is 0 Å². The van der Waals surface area contributed by atoms with Gasteiger partial charge >= 0.3 is 0 Å². The lowest BCUT2D eigenvalue weighted by molar-refractivity contribution is -0.130. The number of primary amides is 1. The van der Waals surface area contributed by atoms with Crippen molar-refractivity contribution in [3.05, 3.63) is 34.4 Å². The van der Waals surface area contributed by atoms with Crippen LogP contribution in [0.2, 0.25) is 5.02 Å². The third-order valence-corrected chi connectivity index (χ3v) is 6.42. The fourth-order valence-electron chi connectivity index (χ4n) is 4.97. The molecule has 1 aromatic carbocycles. The van der Waals surface area contributed by atoms with Crippen molar-refractivity contribution in [1.29, 1.82) is 0 Å². The Bertz CT molecular complexity index is 690. The molecule has 2 N–H and O–H groups in total. The van der Waals surface area contributed by atoms with Crippen LogP contribution in [0.15, 0.2) is 12.1 Å². The van der Waals surface area contributed by atoms with Gasteiger partial charge in [-0.3, -0.25) is 4.79 Å². The van der Waals surface area contributed by atoms with E-state index in [4.69, 9.17) is 17.3 Å². The fourth-order valence-corrected chi connectivity index (χ4v) is 5.14. The van der Waals surface area contributed by atoms with E-state index < -0.39 is 28.9 Å². The first kappa shape index (κ1) is 18.3. The summed E-state index contributed by atoms with van der Waals surface area (Å²) in [6.45, 7) is 0. The first-order chi connectivity index (χ1) is 11.9. The van der Waals surface area contributed by atoms with Gasteiger partial charge in [-0.25, -0.2) is 8.78 Å². The van der Waals surface area contributed by atoms with Gasteiger partial charge in [0, 0.05) is 17.4 Å². The maximum atomic E-state index is 14.8. The van der Waals surface area contributed by atoms with Gasteiger partial charge in [-0.15, -0.1) is 0 Å². The van der Waals surface area contributed by atoms with E-state index in [2.05, 4.69) is 0 Å². The van der Waals surface area contributed by atoms with Gasteiger partial charge in [0.25, 0.3) is 0 Å². The Balaban J connectivity index is 2.17. The zero-order valence-corrected chi connectivity index (χ0v) is 14.7. The summed E-state index contributed by atoms with van der Waals surface area (Å²) in [5.41, 5.74) is 4.52.